The molecule has 0 aliphatic carbocycles. The van der Waals surface area contributed by atoms with Gasteiger partial charge in [-0.1, -0.05) is 37.3 Å². The van der Waals surface area contributed by atoms with Crippen molar-refractivity contribution < 1.29 is 9.53 Å². The Morgan fingerprint density at radius 2 is 1.83 bits per heavy atom. The zero-order valence-electron chi connectivity index (χ0n) is 16.3. The molecule has 4 rings (SSSR count). The van der Waals surface area contributed by atoms with E-state index in [1.807, 2.05) is 44.2 Å². The summed E-state index contributed by atoms with van der Waals surface area (Å²) in [6, 6.07) is 19.6. The molecular formula is C23H21N3O2S. The molecule has 1 N–H and O–H groups in total. The van der Waals surface area contributed by atoms with Gasteiger partial charge in [-0.25, -0.2) is 14.8 Å². The number of fused-ring (bicyclic) bond motifs is 1. The number of carbonyl (C=O) groups excluding carboxylic acids is 1. The predicted molar refractivity (Wildman–Crippen MR) is 118 cm³/mol. The molecule has 5 nitrogen and oxygen atoms in total. The van der Waals surface area contributed by atoms with Gasteiger partial charge in [-0.3, -0.25) is 0 Å². The molecule has 6 heteroatoms. The SMILES string of the molecule is CCCOC(=O)c1ccc(Nc2nc(C)nc3sc(-c4ccccc4)cc23)cc1. The quantitative estimate of drug-likeness (QED) is 0.401. The summed E-state index contributed by atoms with van der Waals surface area (Å²) in [6.07, 6.45) is 0.806. The van der Waals surface area contributed by atoms with Crippen LogP contribution in [0.15, 0.2) is 60.7 Å². The van der Waals surface area contributed by atoms with Crippen molar-refractivity contribution in [2.24, 2.45) is 0 Å². The van der Waals surface area contributed by atoms with Crippen LogP contribution in [-0.4, -0.2) is 22.5 Å². The number of hydrogen-bond acceptors (Lipinski definition) is 6. The van der Waals surface area contributed by atoms with E-state index in [1.165, 1.54) is 0 Å². The number of esters is 1. The molecule has 0 spiro atoms. The van der Waals surface area contributed by atoms with Gasteiger partial charge in [0.05, 0.1) is 17.6 Å². The van der Waals surface area contributed by atoms with Gasteiger partial charge < -0.3 is 10.1 Å². The minimum absolute atomic E-state index is 0.302. The number of rotatable bonds is 6. The molecule has 0 fully saturated rings. The third-order valence-corrected chi connectivity index (χ3v) is 5.46. The Kier molecular flexibility index (Phi) is 5.53. The molecule has 0 aliphatic heterocycles. The molecule has 2 aromatic heterocycles. The van der Waals surface area contributed by atoms with Gasteiger partial charge in [0, 0.05) is 10.6 Å². The van der Waals surface area contributed by atoms with E-state index >= 15 is 0 Å². The fourth-order valence-corrected chi connectivity index (χ4v) is 4.05. The molecular weight excluding hydrogens is 382 g/mol. The van der Waals surface area contributed by atoms with E-state index in [0.717, 1.165) is 38.6 Å². The van der Waals surface area contributed by atoms with E-state index in [4.69, 9.17) is 4.74 Å². The minimum Gasteiger partial charge on any atom is -0.462 e. The zero-order valence-corrected chi connectivity index (χ0v) is 17.1. The lowest BCUT2D eigenvalue weighted by Crippen LogP contribution is -2.05. The van der Waals surface area contributed by atoms with E-state index in [2.05, 4.69) is 33.5 Å². The first-order chi connectivity index (χ1) is 14.1. The van der Waals surface area contributed by atoms with E-state index in [-0.39, 0.29) is 5.97 Å². The molecule has 2 aromatic carbocycles. The molecule has 146 valence electrons. The highest BCUT2D eigenvalue weighted by Crippen LogP contribution is 2.36. The number of nitrogens with zero attached hydrogens (tertiary/aromatic N) is 2. The average molecular weight is 404 g/mol. The highest BCUT2D eigenvalue weighted by Gasteiger charge is 2.12. The number of thiophene rings is 1. The monoisotopic (exact) mass is 403 g/mol. The molecule has 0 saturated heterocycles. The molecule has 0 bridgehead atoms. The van der Waals surface area contributed by atoms with Gasteiger partial charge in [0.25, 0.3) is 0 Å². The van der Waals surface area contributed by atoms with Gasteiger partial charge in [0.1, 0.15) is 16.5 Å². The molecule has 29 heavy (non-hydrogen) atoms. The summed E-state index contributed by atoms with van der Waals surface area (Å²) < 4.78 is 5.17. The van der Waals surface area contributed by atoms with Crippen molar-refractivity contribution in [3.63, 3.8) is 0 Å². The van der Waals surface area contributed by atoms with Crippen LogP contribution in [0.2, 0.25) is 0 Å². The number of carbonyl (C=O) groups is 1. The third-order valence-electron chi connectivity index (χ3n) is 4.38. The number of aryl methyl sites for hydroxylation is 1. The van der Waals surface area contributed by atoms with E-state index < -0.39 is 0 Å². The van der Waals surface area contributed by atoms with Crippen LogP contribution in [-0.2, 0) is 4.74 Å². The van der Waals surface area contributed by atoms with Crippen LogP contribution in [0, 0.1) is 6.92 Å². The maximum absolute atomic E-state index is 12.0. The van der Waals surface area contributed by atoms with Gasteiger partial charge in [0.2, 0.25) is 0 Å². The van der Waals surface area contributed by atoms with Gasteiger partial charge in [0.15, 0.2) is 0 Å². The topological polar surface area (TPSA) is 64.1 Å². The first kappa shape index (κ1) is 19.1. The zero-order chi connectivity index (χ0) is 20.2. The van der Waals surface area contributed by atoms with Crippen molar-refractivity contribution in [3.8, 4) is 10.4 Å². The van der Waals surface area contributed by atoms with Crippen molar-refractivity contribution in [2.45, 2.75) is 20.3 Å². The standard InChI is InChI=1S/C23H21N3O2S/c1-3-13-28-23(27)17-9-11-18(12-10-17)26-21-19-14-20(16-7-5-4-6-8-16)29-22(19)25-15(2)24-21/h4-12,14H,3,13H2,1-2H3,(H,24,25,26). The van der Waals surface area contributed by atoms with Gasteiger partial charge >= 0.3 is 5.97 Å². The maximum atomic E-state index is 12.0. The summed E-state index contributed by atoms with van der Waals surface area (Å²) in [6.45, 7) is 4.29. The summed E-state index contributed by atoms with van der Waals surface area (Å²) in [4.78, 5) is 23.3. The Morgan fingerprint density at radius 3 is 2.55 bits per heavy atom. The van der Waals surface area contributed by atoms with Crippen LogP contribution < -0.4 is 5.32 Å². The molecule has 0 atom stereocenters. The molecule has 0 aliphatic rings. The molecule has 0 unspecified atom stereocenters. The number of ether oxygens (including phenoxy) is 1. The number of hydrogen-bond donors (Lipinski definition) is 1. The van der Waals surface area contributed by atoms with Crippen LogP contribution in [0.1, 0.15) is 29.5 Å². The van der Waals surface area contributed by atoms with Crippen LogP contribution in [0.3, 0.4) is 0 Å². The van der Waals surface area contributed by atoms with Crippen LogP contribution in [0.5, 0.6) is 0 Å². The van der Waals surface area contributed by atoms with Crippen molar-refractivity contribution >= 4 is 39.0 Å². The Bertz CT molecular complexity index is 1140. The second-order valence-corrected chi connectivity index (χ2v) is 7.68. The highest BCUT2D eigenvalue weighted by atomic mass is 32.1. The van der Waals surface area contributed by atoms with Gasteiger partial charge in [-0.05, 0) is 49.2 Å². The first-order valence-corrected chi connectivity index (χ1v) is 10.3. The van der Waals surface area contributed by atoms with Crippen LogP contribution in [0.4, 0.5) is 11.5 Å². The summed E-state index contributed by atoms with van der Waals surface area (Å²) in [5, 5.41) is 4.34. The lowest BCUT2D eigenvalue weighted by Gasteiger charge is -2.08. The van der Waals surface area contributed by atoms with Gasteiger partial charge in [-0.15, -0.1) is 11.3 Å². The summed E-state index contributed by atoms with van der Waals surface area (Å²) in [7, 11) is 0. The molecule has 0 saturated carbocycles. The first-order valence-electron chi connectivity index (χ1n) is 9.52. The van der Waals surface area contributed by atoms with E-state index in [0.29, 0.717) is 18.0 Å². The van der Waals surface area contributed by atoms with E-state index in [1.54, 1.807) is 23.5 Å². The third kappa shape index (κ3) is 4.27. The van der Waals surface area contributed by atoms with Crippen molar-refractivity contribution in [1.29, 1.82) is 0 Å². The Labute approximate surface area is 173 Å². The Balaban J connectivity index is 1.62. The Hall–Kier alpha value is -3.25. The van der Waals surface area contributed by atoms with Crippen molar-refractivity contribution in [2.75, 3.05) is 11.9 Å². The lowest BCUT2D eigenvalue weighted by atomic mass is 10.2. The molecule has 0 amide bonds. The van der Waals surface area contributed by atoms with Crippen molar-refractivity contribution in [1.82, 2.24) is 9.97 Å². The smallest absolute Gasteiger partial charge is 0.338 e. The molecule has 4 aromatic rings. The van der Waals surface area contributed by atoms with E-state index in [9.17, 15) is 4.79 Å². The predicted octanol–water partition coefficient (Wildman–Crippen LogP) is 5.98. The van der Waals surface area contributed by atoms with Crippen molar-refractivity contribution in [3.05, 3.63) is 72.1 Å². The molecule has 2 heterocycles. The number of anilines is 2. The fourth-order valence-electron chi connectivity index (χ4n) is 2.97. The second-order valence-electron chi connectivity index (χ2n) is 6.65. The van der Waals surface area contributed by atoms with Crippen LogP contribution in [0.25, 0.3) is 20.7 Å². The van der Waals surface area contributed by atoms with Crippen LogP contribution >= 0.6 is 11.3 Å². The fraction of sp³-hybridized carbons (Fsp3) is 0.174. The molecule has 0 radical (unpaired) electrons. The number of aromatic nitrogens is 2. The second kappa shape index (κ2) is 8.41. The number of nitrogens with one attached hydrogen (secondary N) is 1. The van der Waals surface area contributed by atoms with Gasteiger partial charge in [-0.2, -0.15) is 0 Å². The Morgan fingerprint density at radius 1 is 1.07 bits per heavy atom. The average Bonchev–Trinajstić information content (AvgIpc) is 3.17. The summed E-state index contributed by atoms with van der Waals surface area (Å²) in [5.74, 6) is 1.16. The maximum Gasteiger partial charge on any atom is 0.338 e. The largest absolute Gasteiger partial charge is 0.462 e. The number of benzene rings is 2. The summed E-state index contributed by atoms with van der Waals surface area (Å²) in [5.41, 5.74) is 2.55. The lowest BCUT2D eigenvalue weighted by molar-refractivity contribution is 0.0505. The normalized spacial score (nSPS) is 10.8. The highest BCUT2D eigenvalue weighted by molar-refractivity contribution is 7.21. The summed E-state index contributed by atoms with van der Waals surface area (Å²) >= 11 is 1.65. The minimum atomic E-state index is -0.302.